The molecule has 0 aromatic heterocycles. The molecule has 2 aliphatic heterocycles. The largest absolute Gasteiger partial charge is 0.368 e. The van der Waals surface area contributed by atoms with Crippen molar-refractivity contribution < 1.29 is 28.5 Å². The summed E-state index contributed by atoms with van der Waals surface area (Å²) in [7, 11) is 0. The molecule has 2 aliphatic rings. The lowest BCUT2D eigenvalue weighted by Crippen LogP contribution is -2.51. The Kier molecular flexibility index (Phi) is 7.98. The van der Waals surface area contributed by atoms with Crippen LogP contribution in [0.2, 0.25) is 0 Å². The first-order valence-corrected chi connectivity index (χ1v) is 12.6. The van der Waals surface area contributed by atoms with Crippen LogP contribution < -0.4 is 5.32 Å². The van der Waals surface area contributed by atoms with E-state index in [1.165, 1.54) is 0 Å². The molecular formula is C30H33NO6. The van der Waals surface area contributed by atoms with Gasteiger partial charge in [-0.25, -0.2) is 0 Å². The second kappa shape index (κ2) is 11.5. The van der Waals surface area contributed by atoms with Gasteiger partial charge in [0.2, 0.25) is 0 Å². The quantitative estimate of drug-likeness (QED) is 0.465. The normalized spacial score (nSPS) is 26.7. The molecule has 5 rings (SSSR count). The number of amides is 1. The molecule has 0 saturated carbocycles. The molecule has 194 valence electrons. The Hall–Kier alpha value is -3.07. The highest BCUT2D eigenvalue weighted by molar-refractivity contribution is 5.94. The molecule has 1 N–H and O–H groups in total. The highest BCUT2D eigenvalue weighted by atomic mass is 16.8. The van der Waals surface area contributed by atoms with Gasteiger partial charge in [0.1, 0.15) is 24.4 Å². The van der Waals surface area contributed by atoms with Crippen molar-refractivity contribution in [1.82, 2.24) is 5.32 Å². The van der Waals surface area contributed by atoms with E-state index in [0.717, 1.165) is 11.1 Å². The molecule has 3 aromatic rings. The zero-order valence-corrected chi connectivity index (χ0v) is 21.1. The Morgan fingerprint density at radius 3 is 2.00 bits per heavy atom. The predicted octanol–water partition coefficient (Wildman–Crippen LogP) is 4.46. The summed E-state index contributed by atoms with van der Waals surface area (Å²) in [6.45, 7) is 4.79. The van der Waals surface area contributed by atoms with Gasteiger partial charge in [0.05, 0.1) is 19.8 Å². The second-order valence-electron chi connectivity index (χ2n) is 9.76. The van der Waals surface area contributed by atoms with E-state index in [9.17, 15) is 4.79 Å². The number of benzene rings is 3. The lowest BCUT2D eigenvalue weighted by Gasteiger charge is -2.27. The average Bonchev–Trinajstić information content (AvgIpc) is 3.46. The maximum Gasteiger partial charge on any atom is 0.251 e. The van der Waals surface area contributed by atoms with Crippen LogP contribution in [-0.2, 0) is 36.9 Å². The Labute approximate surface area is 217 Å². The smallest absolute Gasteiger partial charge is 0.251 e. The van der Waals surface area contributed by atoms with Gasteiger partial charge in [-0.3, -0.25) is 4.79 Å². The Morgan fingerprint density at radius 1 is 0.865 bits per heavy atom. The molecule has 7 heteroatoms. The third-order valence-corrected chi connectivity index (χ3v) is 6.54. The predicted molar refractivity (Wildman–Crippen MR) is 138 cm³/mol. The third-order valence-electron chi connectivity index (χ3n) is 6.54. The van der Waals surface area contributed by atoms with Crippen LogP contribution in [0.25, 0.3) is 0 Å². The number of carbonyl (C=O) groups excluding carboxylic acids is 1. The van der Waals surface area contributed by atoms with E-state index in [1.807, 2.05) is 92.7 Å². The van der Waals surface area contributed by atoms with Gasteiger partial charge in [-0.05, 0) is 37.1 Å². The zero-order chi connectivity index (χ0) is 25.7. The summed E-state index contributed by atoms with van der Waals surface area (Å²) in [5, 5.41) is 3.13. The van der Waals surface area contributed by atoms with Crippen LogP contribution in [0, 0.1) is 0 Å². The van der Waals surface area contributed by atoms with E-state index in [4.69, 9.17) is 23.7 Å². The highest BCUT2D eigenvalue weighted by Crippen LogP contribution is 2.35. The topological polar surface area (TPSA) is 75.2 Å². The summed E-state index contributed by atoms with van der Waals surface area (Å²) in [6.07, 6.45) is -2.16. The summed E-state index contributed by atoms with van der Waals surface area (Å²) in [4.78, 5) is 13.2. The number of hydrogen-bond donors (Lipinski definition) is 1. The van der Waals surface area contributed by atoms with E-state index >= 15 is 0 Å². The number of carbonyl (C=O) groups is 1. The van der Waals surface area contributed by atoms with E-state index < -0.39 is 30.3 Å². The summed E-state index contributed by atoms with van der Waals surface area (Å²) in [5.74, 6) is -0.954. The molecule has 0 bridgehead atoms. The van der Waals surface area contributed by atoms with Gasteiger partial charge in [-0.1, -0.05) is 78.9 Å². The Morgan fingerprint density at radius 2 is 1.43 bits per heavy atom. The van der Waals surface area contributed by atoms with Gasteiger partial charge in [0.25, 0.3) is 5.91 Å². The molecule has 2 heterocycles. The molecule has 7 nitrogen and oxygen atoms in total. The average molecular weight is 504 g/mol. The first kappa shape index (κ1) is 25.6. The van der Waals surface area contributed by atoms with E-state index in [-0.39, 0.29) is 12.0 Å². The van der Waals surface area contributed by atoms with E-state index in [1.54, 1.807) is 12.1 Å². The molecule has 3 aromatic carbocycles. The maximum atomic E-state index is 13.2. The van der Waals surface area contributed by atoms with Gasteiger partial charge < -0.3 is 29.0 Å². The lowest BCUT2D eigenvalue weighted by molar-refractivity contribution is -0.191. The number of ether oxygens (including phenoxy) is 5. The fourth-order valence-electron chi connectivity index (χ4n) is 4.69. The number of nitrogens with one attached hydrogen (secondary N) is 1. The molecule has 0 radical (unpaired) electrons. The number of hydrogen-bond acceptors (Lipinski definition) is 6. The molecular weight excluding hydrogens is 470 g/mol. The molecule has 2 saturated heterocycles. The van der Waals surface area contributed by atoms with Gasteiger partial charge in [0.15, 0.2) is 12.1 Å². The van der Waals surface area contributed by atoms with Crippen molar-refractivity contribution >= 4 is 5.91 Å². The zero-order valence-electron chi connectivity index (χ0n) is 21.1. The van der Waals surface area contributed by atoms with Crippen molar-refractivity contribution in [2.45, 2.75) is 63.5 Å². The fourth-order valence-corrected chi connectivity index (χ4v) is 4.69. The standard InChI is InChI=1S/C30H33NO6/c1-30(2)35-20-24(37-30)26-27(33-18-21-12-6-3-7-13-21)25(31-28(32)23-16-10-5-11-17-23)29(36-26)34-19-22-14-8-4-9-15-22/h3-17,24-27,29H,18-20H2,1-2H3,(H,31,32). The minimum atomic E-state index is -0.744. The van der Waals surface area contributed by atoms with E-state index in [0.29, 0.717) is 25.4 Å². The molecule has 5 unspecified atom stereocenters. The fraction of sp³-hybridized carbons (Fsp3) is 0.367. The summed E-state index contributed by atoms with van der Waals surface area (Å²) >= 11 is 0. The summed E-state index contributed by atoms with van der Waals surface area (Å²) in [6, 6.07) is 28.3. The van der Waals surface area contributed by atoms with Gasteiger partial charge in [0, 0.05) is 5.56 Å². The Balaban J connectivity index is 1.40. The van der Waals surface area contributed by atoms with Crippen molar-refractivity contribution in [3.63, 3.8) is 0 Å². The number of rotatable bonds is 9. The second-order valence-corrected chi connectivity index (χ2v) is 9.76. The van der Waals surface area contributed by atoms with Crippen LogP contribution >= 0.6 is 0 Å². The van der Waals surface area contributed by atoms with Crippen LogP contribution in [0.4, 0.5) is 0 Å². The minimum absolute atomic E-state index is 0.222. The van der Waals surface area contributed by atoms with Gasteiger partial charge in [-0.2, -0.15) is 0 Å². The van der Waals surface area contributed by atoms with E-state index in [2.05, 4.69) is 5.32 Å². The van der Waals surface area contributed by atoms with Gasteiger partial charge in [-0.15, -0.1) is 0 Å². The first-order chi connectivity index (χ1) is 18.0. The molecule has 1 amide bonds. The van der Waals surface area contributed by atoms with Crippen molar-refractivity contribution in [2.75, 3.05) is 6.61 Å². The molecule has 37 heavy (non-hydrogen) atoms. The van der Waals surface area contributed by atoms with Crippen molar-refractivity contribution in [3.05, 3.63) is 108 Å². The van der Waals surface area contributed by atoms with Crippen LogP contribution in [0.15, 0.2) is 91.0 Å². The first-order valence-electron chi connectivity index (χ1n) is 12.6. The van der Waals surface area contributed by atoms with Gasteiger partial charge >= 0.3 is 0 Å². The molecule has 0 aliphatic carbocycles. The summed E-state index contributed by atoms with van der Waals surface area (Å²) in [5.41, 5.74) is 2.58. The summed E-state index contributed by atoms with van der Waals surface area (Å²) < 4.78 is 31.2. The molecule has 5 atom stereocenters. The maximum absolute atomic E-state index is 13.2. The van der Waals surface area contributed by atoms with Crippen LogP contribution in [-0.4, -0.2) is 48.9 Å². The monoisotopic (exact) mass is 503 g/mol. The van der Waals surface area contributed by atoms with Crippen LogP contribution in [0.5, 0.6) is 0 Å². The molecule has 0 spiro atoms. The van der Waals surface area contributed by atoms with Crippen molar-refractivity contribution in [2.24, 2.45) is 0 Å². The van der Waals surface area contributed by atoms with Crippen LogP contribution in [0.3, 0.4) is 0 Å². The third kappa shape index (κ3) is 6.44. The molecule has 2 fully saturated rings. The highest BCUT2D eigenvalue weighted by Gasteiger charge is 2.53. The SMILES string of the molecule is CC1(C)OCC(C2OC(OCc3ccccc3)C(NC(=O)c3ccccc3)C2OCc2ccccc2)O1. The minimum Gasteiger partial charge on any atom is -0.368 e. The van der Waals surface area contributed by atoms with Crippen LogP contribution in [0.1, 0.15) is 35.3 Å². The lowest BCUT2D eigenvalue weighted by atomic mass is 10.0. The van der Waals surface area contributed by atoms with Crippen molar-refractivity contribution in [1.29, 1.82) is 0 Å². The Bertz CT molecular complexity index is 1140. The van der Waals surface area contributed by atoms with Crippen molar-refractivity contribution in [3.8, 4) is 0 Å².